The molecule has 6 nitrogen and oxygen atoms in total. The van der Waals surface area contributed by atoms with Gasteiger partial charge in [0.05, 0.1) is 18.2 Å². The number of anilines is 1. The highest BCUT2D eigenvalue weighted by Gasteiger charge is 2.38. The van der Waals surface area contributed by atoms with Crippen molar-refractivity contribution in [3.05, 3.63) is 54.1 Å². The fourth-order valence-electron chi connectivity index (χ4n) is 3.79. The molecule has 1 aliphatic rings. The number of halogens is 4. The van der Waals surface area contributed by atoms with E-state index in [9.17, 15) is 22.4 Å². The molecule has 3 aromatic rings. The van der Waals surface area contributed by atoms with E-state index < -0.39 is 35.6 Å². The van der Waals surface area contributed by atoms with Gasteiger partial charge in [0.25, 0.3) is 0 Å². The third-order valence-corrected chi connectivity index (χ3v) is 5.40. The first-order valence-electron chi connectivity index (χ1n) is 10.7. The summed E-state index contributed by atoms with van der Waals surface area (Å²) >= 11 is 0. The molecule has 2 aromatic carbocycles. The van der Waals surface area contributed by atoms with Crippen LogP contribution in [0.2, 0.25) is 0 Å². The minimum atomic E-state index is -4.43. The highest BCUT2D eigenvalue weighted by molar-refractivity contribution is 6.00. The third kappa shape index (κ3) is 5.05. The molecule has 1 N–H and O–H groups in total. The molecule has 0 aliphatic carbocycles. The Balaban J connectivity index is 1.59. The van der Waals surface area contributed by atoms with Crippen LogP contribution in [-0.2, 0) is 10.9 Å². The molecule has 4 rings (SSSR count). The van der Waals surface area contributed by atoms with E-state index >= 15 is 0 Å². The summed E-state index contributed by atoms with van der Waals surface area (Å²) in [6.45, 7) is 5.20. The van der Waals surface area contributed by atoms with Crippen molar-refractivity contribution in [1.29, 1.82) is 0 Å². The number of benzene rings is 2. The van der Waals surface area contributed by atoms with Crippen LogP contribution in [0.25, 0.3) is 22.0 Å². The fraction of sp³-hybridized carbons (Fsp3) is 0.375. The number of rotatable bonds is 3. The Bertz CT molecular complexity index is 1190. The average Bonchev–Trinajstić information content (AvgIpc) is 3.13. The van der Waals surface area contributed by atoms with Gasteiger partial charge in [0.2, 0.25) is 0 Å². The second-order valence-electron chi connectivity index (χ2n) is 9.17. The Labute approximate surface area is 193 Å². The van der Waals surface area contributed by atoms with Gasteiger partial charge >= 0.3 is 12.3 Å². The van der Waals surface area contributed by atoms with E-state index in [4.69, 9.17) is 4.74 Å². The van der Waals surface area contributed by atoms with Gasteiger partial charge in [-0.05, 0) is 32.9 Å². The molecule has 1 aromatic heterocycles. The number of hydrogen-bond donors (Lipinski definition) is 1. The lowest BCUT2D eigenvalue weighted by molar-refractivity contribution is -0.137. The van der Waals surface area contributed by atoms with E-state index in [1.54, 1.807) is 45.0 Å². The number of carbonyl (C=O) groups excluding carboxylic acids is 1. The van der Waals surface area contributed by atoms with Crippen LogP contribution in [0, 0.1) is 0 Å². The van der Waals surface area contributed by atoms with E-state index in [0.717, 1.165) is 12.1 Å². The molecule has 0 saturated carbocycles. The van der Waals surface area contributed by atoms with Crippen LogP contribution in [0.1, 0.15) is 26.3 Å². The fourth-order valence-corrected chi connectivity index (χ4v) is 3.79. The summed E-state index contributed by atoms with van der Waals surface area (Å²) in [7, 11) is 0. The molecule has 0 unspecified atom stereocenters. The molecule has 34 heavy (non-hydrogen) atoms. The summed E-state index contributed by atoms with van der Waals surface area (Å²) in [5, 5.41) is 12.7. The number of carbonyl (C=O) groups is 1. The number of nitrogens with one attached hydrogen (secondary N) is 1. The maximum Gasteiger partial charge on any atom is 0.416 e. The number of hydrogen-bond acceptors (Lipinski definition) is 5. The van der Waals surface area contributed by atoms with Crippen molar-refractivity contribution < 1.29 is 27.1 Å². The van der Waals surface area contributed by atoms with Crippen LogP contribution in [0.3, 0.4) is 0 Å². The first kappa shape index (κ1) is 23.7. The number of fused-ring (bicyclic) bond motifs is 1. The molecular formula is C24H24F4N4O2. The van der Waals surface area contributed by atoms with Gasteiger partial charge in [-0.25, -0.2) is 9.18 Å². The van der Waals surface area contributed by atoms with Crippen LogP contribution in [0.4, 0.5) is 28.2 Å². The normalized spacial score (nSPS) is 18.9. The minimum absolute atomic E-state index is 0.0900. The second-order valence-corrected chi connectivity index (χ2v) is 9.17. The van der Waals surface area contributed by atoms with E-state index in [1.807, 2.05) is 0 Å². The summed E-state index contributed by atoms with van der Waals surface area (Å²) in [5.74, 6) is 0.324. The van der Waals surface area contributed by atoms with Crippen molar-refractivity contribution in [2.75, 3.05) is 18.4 Å². The second kappa shape index (κ2) is 8.73. The van der Waals surface area contributed by atoms with Crippen LogP contribution in [0.15, 0.2) is 48.5 Å². The van der Waals surface area contributed by atoms with E-state index in [0.29, 0.717) is 27.8 Å². The van der Waals surface area contributed by atoms with Gasteiger partial charge in [-0.1, -0.05) is 36.4 Å². The quantitative estimate of drug-likeness (QED) is 0.493. The molecule has 1 saturated heterocycles. The summed E-state index contributed by atoms with van der Waals surface area (Å²) in [6, 6.07) is 11.1. The molecule has 180 valence electrons. The van der Waals surface area contributed by atoms with Crippen LogP contribution in [0.5, 0.6) is 0 Å². The van der Waals surface area contributed by atoms with Gasteiger partial charge in [-0.2, -0.15) is 13.2 Å². The molecule has 0 spiro atoms. The number of likely N-dealkylation sites (tertiary alicyclic amines) is 1. The predicted octanol–water partition coefficient (Wildman–Crippen LogP) is 5.68. The van der Waals surface area contributed by atoms with Crippen molar-refractivity contribution in [2.45, 2.75) is 44.8 Å². The van der Waals surface area contributed by atoms with Crippen LogP contribution in [-0.4, -0.2) is 52.1 Å². The Morgan fingerprint density at radius 3 is 2.26 bits per heavy atom. The summed E-state index contributed by atoms with van der Waals surface area (Å²) in [5.41, 5.74) is -0.557. The standard InChI is InChI=1S/C24H24F4N4O2/c1-23(2,3)34-22(33)32-12-18(25)19(13-32)29-21-17-7-5-4-6-16(17)20(30-31-21)14-8-10-15(11-9-14)24(26,27)28/h4-11,18-19H,12-13H2,1-3H3,(H,29,31)/t18-,19-/m1/s1. The molecule has 2 atom stereocenters. The van der Waals surface area contributed by atoms with Crippen molar-refractivity contribution in [3.63, 3.8) is 0 Å². The lowest BCUT2D eigenvalue weighted by Crippen LogP contribution is -2.36. The number of aromatic nitrogens is 2. The molecule has 1 fully saturated rings. The number of amides is 1. The highest BCUT2D eigenvalue weighted by Crippen LogP contribution is 2.34. The SMILES string of the molecule is CC(C)(C)OC(=O)N1C[C@@H](F)[C@H](Nc2nnc(-c3ccc(C(F)(F)F)cc3)c3ccccc23)C1. The minimum Gasteiger partial charge on any atom is -0.444 e. The van der Waals surface area contributed by atoms with E-state index in [2.05, 4.69) is 15.5 Å². The van der Waals surface area contributed by atoms with E-state index in [-0.39, 0.29) is 13.1 Å². The lowest BCUT2D eigenvalue weighted by atomic mass is 10.0. The predicted molar refractivity (Wildman–Crippen MR) is 120 cm³/mol. The Morgan fingerprint density at radius 2 is 1.65 bits per heavy atom. The molecule has 2 heterocycles. The Morgan fingerprint density at radius 1 is 1.00 bits per heavy atom. The Kier molecular flexibility index (Phi) is 6.09. The van der Waals surface area contributed by atoms with Gasteiger partial charge in [0.1, 0.15) is 17.5 Å². The molecule has 0 bridgehead atoms. The number of nitrogens with zero attached hydrogens (tertiary/aromatic N) is 3. The number of ether oxygens (including phenoxy) is 1. The van der Waals surface area contributed by atoms with Gasteiger partial charge in [0.15, 0.2) is 5.82 Å². The van der Waals surface area contributed by atoms with E-state index in [1.165, 1.54) is 17.0 Å². The van der Waals surface area contributed by atoms with Crippen LogP contribution < -0.4 is 5.32 Å². The van der Waals surface area contributed by atoms with Crippen molar-refractivity contribution in [1.82, 2.24) is 15.1 Å². The zero-order valence-corrected chi connectivity index (χ0v) is 18.9. The molecule has 10 heteroatoms. The summed E-state index contributed by atoms with van der Waals surface area (Å²) < 4.78 is 58.8. The lowest BCUT2D eigenvalue weighted by Gasteiger charge is -2.24. The first-order chi connectivity index (χ1) is 15.9. The zero-order chi connectivity index (χ0) is 24.7. The smallest absolute Gasteiger partial charge is 0.416 e. The van der Waals surface area contributed by atoms with Gasteiger partial charge in [0, 0.05) is 22.9 Å². The highest BCUT2D eigenvalue weighted by atomic mass is 19.4. The summed E-state index contributed by atoms with van der Waals surface area (Å²) in [4.78, 5) is 13.6. The Hall–Kier alpha value is -3.43. The molecule has 0 radical (unpaired) electrons. The van der Waals surface area contributed by atoms with Crippen molar-refractivity contribution >= 4 is 22.7 Å². The maximum absolute atomic E-state index is 14.7. The maximum atomic E-state index is 14.7. The topological polar surface area (TPSA) is 67.3 Å². The first-order valence-corrected chi connectivity index (χ1v) is 10.7. The molecule has 1 amide bonds. The average molecular weight is 476 g/mol. The van der Waals surface area contributed by atoms with Crippen molar-refractivity contribution in [3.8, 4) is 11.3 Å². The van der Waals surface area contributed by atoms with Crippen molar-refractivity contribution in [2.24, 2.45) is 0 Å². The van der Waals surface area contributed by atoms with Crippen LogP contribution >= 0.6 is 0 Å². The van der Waals surface area contributed by atoms with Gasteiger partial charge in [-0.3, -0.25) is 0 Å². The third-order valence-electron chi connectivity index (χ3n) is 5.40. The molecule has 1 aliphatic heterocycles. The zero-order valence-electron chi connectivity index (χ0n) is 18.9. The largest absolute Gasteiger partial charge is 0.444 e. The molecular weight excluding hydrogens is 452 g/mol. The number of alkyl halides is 4. The van der Waals surface area contributed by atoms with Gasteiger partial charge < -0.3 is 15.0 Å². The van der Waals surface area contributed by atoms with Gasteiger partial charge in [-0.15, -0.1) is 10.2 Å². The summed E-state index contributed by atoms with van der Waals surface area (Å²) in [6.07, 6.45) is -6.37. The monoisotopic (exact) mass is 476 g/mol.